The summed E-state index contributed by atoms with van der Waals surface area (Å²) in [7, 11) is -2.31. The van der Waals surface area contributed by atoms with Crippen LogP contribution in [0.4, 0.5) is 4.39 Å². The third-order valence-electron chi connectivity index (χ3n) is 3.15. The molecule has 2 unspecified atom stereocenters. The molecule has 0 aliphatic carbocycles. The van der Waals surface area contributed by atoms with Crippen molar-refractivity contribution < 1.29 is 12.8 Å². The molecule has 0 bridgehead atoms. The zero-order chi connectivity index (χ0) is 14.8. The molecule has 0 amide bonds. The predicted octanol–water partition coefficient (Wildman–Crippen LogP) is 1.82. The topological polar surface area (TPSA) is 63.4 Å². The first kappa shape index (κ1) is 16.0. The van der Waals surface area contributed by atoms with E-state index in [0.717, 1.165) is 4.31 Å². The molecular weight excluding hydrogens is 287 g/mol. The van der Waals surface area contributed by atoms with Crippen molar-refractivity contribution >= 4 is 27.2 Å². The van der Waals surface area contributed by atoms with Crippen molar-refractivity contribution in [2.75, 3.05) is 7.05 Å². The molecule has 2 atom stereocenters. The Morgan fingerprint density at radius 3 is 2.37 bits per heavy atom. The van der Waals surface area contributed by atoms with E-state index in [9.17, 15) is 12.8 Å². The Labute approximate surface area is 118 Å². The Bertz CT molecular complexity index is 575. The van der Waals surface area contributed by atoms with Gasteiger partial charge in [-0.1, -0.05) is 30.4 Å². The second kappa shape index (κ2) is 5.94. The van der Waals surface area contributed by atoms with Gasteiger partial charge >= 0.3 is 0 Å². The summed E-state index contributed by atoms with van der Waals surface area (Å²) in [5.41, 5.74) is 5.69. The van der Waals surface area contributed by atoms with Crippen molar-refractivity contribution in [3.8, 4) is 0 Å². The quantitative estimate of drug-likeness (QED) is 0.843. The molecule has 0 fully saturated rings. The number of thiocarbonyl (C=S) groups is 1. The zero-order valence-corrected chi connectivity index (χ0v) is 12.6. The lowest BCUT2D eigenvalue weighted by atomic mass is 10.1. The molecule has 2 N–H and O–H groups in total. The van der Waals surface area contributed by atoms with Crippen molar-refractivity contribution in [1.29, 1.82) is 0 Å². The van der Waals surface area contributed by atoms with Gasteiger partial charge in [0.05, 0.1) is 4.99 Å². The number of benzene rings is 1. The minimum absolute atomic E-state index is 0.104. The first-order chi connectivity index (χ1) is 8.69. The summed E-state index contributed by atoms with van der Waals surface area (Å²) in [5.74, 6) is -0.444. The summed E-state index contributed by atoms with van der Waals surface area (Å²) < 4.78 is 39.2. The Morgan fingerprint density at radius 1 is 1.37 bits per heavy atom. The fourth-order valence-electron chi connectivity index (χ4n) is 1.63. The first-order valence-electron chi connectivity index (χ1n) is 5.70. The van der Waals surface area contributed by atoms with Crippen LogP contribution in [0.1, 0.15) is 25.5 Å². The van der Waals surface area contributed by atoms with E-state index in [1.54, 1.807) is 25.1 Å². The fourth-order valence-corrected chi connectivity index (χ4v) is 3.34. The second-order valence-corrected chi connectivity index (χ2v) is 7.09. The van der Waals surface area contributed by atoms with Crippen LogP contribution in [0.25, 0.3) is 0 Å². The molecule has 0 spiro atoms. The van der Waals surface area contributed by atoms with Gasteiger partial charge < -0.3 is 5.73 Å². The molecule has 0 saturated heterocycles. The van der Waals surface area contributed by atoms with Crippen LogP contribution in [0.3, 0.4) is 0 Å². The molecule has 0 radical (unpaired) electrons. The number of nitrogens with two attached hydrogens (primary N) is 1. The van der Waals surface area contributed by atoms with Crippen LogP contribution in [0, 0.1) is 5.82 Å². The Morgan fingerprint density at radius 2 is 1.89 bits per heavy atom. The number of rotatable bonds is 5. The Kier molecular flexibility index (Phi) is 5.00. The lowest BCUT2D eigenvalue weighted by molar-refractivity contribution is 0.386. The Balaban J connectivity index is 3.11. The molecule has 1 aromatic carbocycles. The van der Waals surface area contributed by atoms with Gasteiger partial charge in [-0.2, -0.15) is 4.31 Å². The zero-order valence-electron chi connectivity index (χ0n) is 11.0. The van der Waals surface area contributed by atoms with Gasteiger partial charge in [0.2, 0.25) is 10.0 Å². The van der Waals surface area contributed by atoms with E-state index < -0.39 is 27.1 Å². The monoisotopic (exact) mass is 304 g/mol. The van der Waals surface area contributed by atoms with E-state index in [1.807, 2.05) is 0 Å². The molecule has 19 heavy (non-hydrogen) atoms. The van der Waals surface area contributed by atoms with E-state index in [0.29, 0.717) is 5.56 Å². The fraction of sp³-hybridized carbons (Fsp3) is 0.417. The van der Waals surface area contributed by atoms with Gasteiger partial charge in [0, 0.05) is 18.7 Å². The van der Waals surface area contributed by atoms with Crippen molar-refractivity contribution in [2.45, 2.75) is 25.1 Å². The van der Waals surface area contributed by atoms with Crippen LogP contribution >= 0.6 is 12.2 Å². The summed E-state index contributed by atoms with van der Waals surface area (Å²) >= 11 is 4.71. The minimum Gasteiger partial charge on any atom is -0.392 e. The maximum atomic E-state index is 13.7. The van der Waals surface area contributed by atoms with Crippen molar-refractivity contribution in [3.63, 3.8) is 0 Å². The number of sulfonamides is 1. The van der Waals surface area contributed by atoms with E-state index in [2.05, 4.69) is 0 Å². The number of hydrogen-bond donors (Lipinski definition) is 1. The van der Waals surface area contributed by atoms with Gasteiger partial charge in [0.1, 0.15) is 11.1 Å². The van der Waals surface area contributed by atoms with Crippen LogP contribution in [0.15, 0.2) is 24.3 Å². The van der Waals surface area contributed by atoms with Crippen LogP contribution in [-0.4, -0.2) is 30.0 Å². The highest BCUT2D eigenvalue weighted by Crippen LogP contribution is 2.25. The maximum absolute atomic E-state index is 13.7. The number of nitrogens with zero attached hydrogens (tertiary/aromatic N) is 1. The van der Waals surface area contributed by atoms with Gasteiger partial charge in [-0.05, 0) is 19.9 Å². The summed E-state index contributed by atoms with van der Waals surface area (Å²) in [6.07, 6.45) is 0. The van der Waals surface area contributed by atoms with Crippen molar-refractivity contribution in [1.82, 2.24) is 4.31 Å². The first-order valence-corrected chi connectivity index (χ1v) is 7.61. The third-order valence-corrected chi connectivity index (χ3v) is 5.92. The highest BCUT2D eigenvalue weighted by Gasteiger charge is 2.32. The summed E-state index contributed by atoms with van der Waals surface area (Å²) in [5, 5.41) is -0.985. The van der Waals surface area contributed by atoms with Crippen molar-refractivity contribution in [2.24, 2.45) is 5.73 Å². The molecule has 0 heterocycles. The number of halogens is 1. The standard InChI is InChI=1S/C12H17FN2O2S2/c1-8(10-6-4-5-7-11(10)13)15(3)19(16,17)9(2)12(14)18/h4-9H,1-3H3,(H2,14,18). The molecule has 0 saturated carbocycles. The average molecular weight is 304 g/mol. The largest absolute Gasteiger partial charge is 0.392 e. The van der Waals surface area contributed by atoms with E-state index in [-0.39, 0.29) is 4.99 Å². The summed E-state index contributed by atoms with van der Waals surface area (Å²) in [6.45, 7) is 3.03. The molecule has 4 nitrogen and oxygen atoms in total. The molecule has 7 heteroatoms. The Hall–Kier alpha value is -1.05. The SMILES string of the molecule is CC(c1ccccc1F)N(C)S(=O)(=O)C(C)C(N)=S. The molecular formula is C12H17FN2O2S2. The summed E-state index contributed by atoms with van der Waals surface area (Å²) in [6, 6.07) is 5.42. The van der Waals surface area contributed by atoms with Crippen LogP contribution in [0.5, 0.6) is 0 Å². The van der Waals surface area contributed by atoms with Gasteiger partial charge in [-0.25, -0.2) is 12.8 Å². The highest BCUT2D eigenvalue weighted by atomic mass is 32.2. The second-order valence-electron chi connectivity index (χ2n) is 4.30. The number of hydrogen-bond acceptors (Lipinski definition) is 3. The molecule has 0 aliphatic rings. The third kappa shape index (κ3) is 3.29. The van der Waals surface area contributed by atoms with Gasteiger partial charge in [-0.3, -0.25) is 0 Å². The van der Waals surface area contributed by atoms with E-state index in [1.165, 1.54) is 20.0 Å². The highest BCUT2D eigenvalue weighted by molar-refractivity contribution is 7.92. The lowest BCUT2D eigenvalue weighted by Gasteiger charge is -2.27. The normalized spacial score (nSPS) is 15.2. The van der Waals surface area contributed by atoms with Crippen LogP contribution < -0.4 is 5.73 Å². The van der Waals surface area contributed by atoms with Gasteiger partial charge in [0.25, 0.3) is 0 Å². The van der Waals surface area contributed by atoms with Crippen LogP contribution in [0.2, 0.25) is 0 Å². The van der Waals surface area contributed by atoms with Crippen LogP contribution in [-0.2, 0) is 10.0 Å². The minimum atomic E-state index is -3.70. The average Bonchev–Trinajstić information content (AvgIpc) is 2.36. The lowest BCUT2D eigenvalue weighted by Crippen LogP contribution is -2.42. The molecule has 0 aliphatic heterocycles. The van der Waals surface area contributed by atoms with Gasteiger partial charge in [-0.15, -0.1) is 0 Å². The molecule has 1 rings (SSSR count). The molecule has 106 valence electrons. The van der Waals surface area contributed by atoms with Gasteiger partial charge in [0.15, 0.2) is 0 Å². The maximum Gasteiger partial charge on any atom is 0.223 e. The van der Waals surface area contributed by atoms with E-state index in [4.69, 9.17) is 18.0 Å². The molecule has 1 aromatic rings. The van der Waals surface area contributed by atoms with Crippen molar-refractivity contribution in [3.05, 3.63) is 35.6 Å². The predicted molar refractivity (Wildman–Crippen MR) is 77.7 cm³/mol. The summed E-state index contributed by atoms with van der Waals surface area (Å²) in [4.78, 5) is -0.104. The smallest absolute Gasteiger partial charge is 0.223 e. The van der Waals surface area contributed by atoms with E-state index >= 15 is 0 Å². The molecule has 0 aromatic heterocycles.